The average molecular weight is 566 g/mol. The number of ether oxygens (including phenoxy) is 4. The molecule has 1 amide bonds. The summed E-state index contributed by atoms with van der Waals surface area (Å²) in [5.74, 6) is 0.719. The average Bonchev–Trinajstić information content (AvgIpc) is 3.38. The third-order valence-corrected chi connectivity index (χ3v) is 7.09. The Morgan fingerprint density at radius 3 is 2.45 bits per heavy atom. The number of fused-ring (bicyclic) bond motifs is 1. The molecule has 2 N–H and O–H groups in total. The first kappa shape index (κ1) is 28.7. The molecule has 210 valence electrons. The minimum absolute atomic E-state index is 0.0152. The van der Waals surface area contributed by atoms with Crippen molar-refractivity contribution in [3.8, 4) is 23.0 Å². The number of para-hydroxylation sites is 1. The SMILES string of the molecule is COc1ccc(OC(=O)N(Cc2ccc(OC)c(OCCNCc3nc4ccccc4s3)c2)[C@@H](C)C(=O)O)cc1. The first-order valence-corrected chi connectivity index (χ1v) is 13.4. The van der Waals surface area contributed by atoms with Crippen molar-refractivity contribution < 1.29 is 33.6 Å². The van der Waals surface area contributed by atoms with E-state index >= 15 is 0 Å². The molecule has 0 radical (unpaired) electrons. The molecule has 11 heteroatoms. The Bertz CT molecular complexity index is 1410. The van der Waals surface area contributed by atoms with Gasteiger partial charge in [-0.3, -0.25) is 4.90 Å². The number of carboxylic acid groups (broad SMARTS) is 1. The molecule has 0 aliphatic rings. The Kier molecular flexibility index (Phi) is 9.76. The highest BCUT2D eigenvalue weighted by atomic mass is 32.1. The van der Waals surface area contributed by atoms with Gasteiger partial charge in [-0.05, 0) is 61.0 Å². The summed E-state index contributed by atoms with van der Waals surface area (Å²) < 4.78 is 23.1. The number of thiazole rings is 1. The molecule has 0 aliphatic heterocycles. The summed E-state index contributed by atoms with van der Waals surface area (Å²) in [5.41, 5.74) is 1.64. The van der Waals surface area contributed by atoms with E-state index in [0.29, 0.717) is 42.5 Å². The van der Waals surface area contributed by atoms with E-state index in [1.807, 2.05) is 18.2 Å². The number of methoxy groups -OCH3 is 2. The largest absolute Gasteiger partial charge is 0.497 e. The number of carbonyl (C=O) groups is 2. The molecule has 10 nitrogen and oxygen atoms in total. The number of carbonyl (C=O) groups excluding carboxylic acids is 1. The zero-order valence-electron chi connectivity index (χ0n) is 22.5. The van der Waals surface area contributed by atoms with Crippen LogP contribution in [-0.2, 0) is 17.9 Å². The number of nitrogens with one attached hydrogen (secondary N) is 1. The maximum Gasteiger partial charge on any atom is 0.416 e. The van der Waals surface area contributed by atoms with Crippen molar-refractivity contribution in [2.75, 3.05) is 27.4 Å². The topological polar surface area (TPSA) is 119 Å². The molecule has 0 unspecified atom stereocenters. The summed E-state index contributed by atoms with van der Waals surface area (Å²) in [5, 5.41) is 13.9. The van der Waals surface area contributed by atoms with Gasteiger partial charge in [0.15, 0.2) is 11.5 Å². The van der Waals surface area contributed by atoms with Crippen LogP contribution in [0.25, 0.3) is 10.2 Å². The van der Waals surface area contributed by atoms with Crippen LogP contribution in [0.3, 0.4) is 0 Å². The molecule has 4 rings (SSSR count). The van der Waals surface area contributed by atoms with Gasteiger partial charge in [-0.25, -0.2) is 14.6 Å². The smallest absolute Gasteiger partial charge is 0.416 e. The first-order chi connectivity index (χ1) is 19.4. The van der Waals surface area contributed by atoms with E-state index < -0.39 is 18.1 Å². The summed E-state index contributed by atoms with van der Waals surface area (Å²) in [4.78, 5) is 30.5. The van der Waals surface area contributed by atoms with Crippen molar-refractivity contribution in [3.63, 3.8) is 0 Å². The lowest BCUT2D eigenvalue weighted by molar-refractivity contribution is -0.142. The Morgan fingerprint density at radius 2 is 1.75 bits per heavy atom. The van der Waals surface area contributed by atoms with Gasteiger partial charge < -0.3 is 29.4 Å². The fraction of sp³-hybridized carbons (Fsp3) is 0.276. The molecule has 40 heavy (non-hydrogen) atoms. The molecule has 0 saturated carbocycles. The number of nitrogens with zero attached hydrogens (tertiary/aromatic N) is 2. The van der Waals surface area contributed by atoms with Crippen molar-refractivity contribution in [2.24, 2.45) is 0 Å². The lowest BCUT2D eigenvalue weighted by atomic mass is 10.1. The van der Waals surface area contributed by atoms with E-state index in [0.717, 1.165) is 20.1 Å². The quantitative estimate of drug-likeness (QED) is 0.217. The lowest BCUT2D eigenvalue weighted by Gasteiger charge is -2.26. The standard InChI is InChI=1S/C29H31N3O7S/c1-19(28(33)34)32(29(35)39-22-11-9-21(36-2)10-12-22)18-20-8-13-24(37-3)25(16-20)38-15-14-30-17-27-31-23-6-4-5-7-26(23)40-27/h4-13,16,19,30H,14-15,17-18H2,1-3H3,(H,33,34)/t19-/m0/s1. The van der Waals surface area contributed by atoms with Crippen LogP contribution in [0.4, 0.5) is 4.79 Å². The maximum absolute atomic E-state index is 13.0. The molecule has 1 heterocycles. The van der Waals surface area contributed by atoms with E-state index in [4.69, 9.17) is 18.9 Å². The molecule has 0 saturated heterocycles. The predicted molar refractivity (Wildman–Crippen MR) is 151 cm³/mol. The Hall–Kier alpha value is -4.35. The molecule has 4 aromatic rings. The number of aliphatic carboxylic acids is 1. The third kappa shape index (κ3) is 7.39. The van der Waals surface area contributed by atoms with Crippen LogP contribution in [0, 0.1) is 0 Å². The van der Waals surface area contributed by atoms with Crippen LogP contribution < -0.4 is 24.3 Å². The molecule has 0 spiro atoms. The van der Waals surface area contributed by atoms with E-state index in [9.17, 15) is 14.7 Å². The predicted octanol–water partition coefficient (Wildman–Crippen LogP) is 4.96. The van der Waals surface area contributed by atoms with E-state index in [1.165, 1.54) is 21.1 Å². The number of hydrogen-bond acceptors (Lipinski definition) is 9. The molecular formula is C29H31N3O7S. The second kappa shape index (κ2) is 13.6. The van der Waals surface area contributed by atoms with Gasteiger partial charge in [0.2, 0.25) is 0 Å². The van der Waals surface area contributed by atoms with E-state index in [-0.39, 0.29) is 12.3 Å². The van der Waals surface area contributed by atoms with Crippen LogP contribution >= 0.6 is 11.3 Å². The molecule has 0 fully saturated rings. The molecular weight excluding hydrogens is 534 g/mol. The van der Waals surface area contributed by atoms with Crippen molar-refractivity contribution in [3.05, 3.63) is 77.3 Å². The molecule has 1 atom stereocenters. The monoisotopic (exact) mass is 565 g/mol. The van der Waals surface area contributed by atoms with Gasteiger partial charge in [-0.15, -0.1) is 11.3 Å². The number of rotatable bonds is 13. The van der Waals surface area contributed by atoms with Gasteiger partial charge in [0.05, 0.1) is 31.0 Å². The summed E-state index contributed by atoms with van der Waals surface area (Å²) in [7, 11) is 3.07. The summed E-state index contributed by atoms with van der Waals surface area (Å²) >= 11 is 1.65. The van der Waals surface area contributed by atoms with Gasteiger partial charge >= 0.3 is 12.1 Å². The Morgan fingerprint density at radius 1 is 1.00 bits per heavy atom. The highest BCUT2D eigenvalue weighted by molar-refractivity contribution is 7.18. The fourth-order valence-electron chi connectivity index (χ4n) is 3.85. The van der Waals surface area contributed by atoms with Crippen molar-refractivity contribution in [2.45, 2.75) is 26.1 Å². The van der Waals surface area contributed by atoms with Crippen LogP contribution in [0.1, 0.15) is 17.5 Å². The molecule has 3 aromatic carbocycles. The second-order valence-corrected chi connectivity index (χ2v) is 9.89. The van der Waals surface area contributed by atoms with Crippen LogP contribution in [-0.4, -0.2) is 60.5 Å². The maximum atomic E-state index is 13.0. The number of hydrogen-bond donors (Lipinski definition) is 2. The highest BCUT2D eigenvalue weighted by Gasteiger charge is 2.28. The molecule has 1 aromatic heterocycles. The third-order valence-electron chi connectivity index (χ3n) is 6.06. The molecule has 0 bridgehead atoms. The Labute approximate surface area is 236 Å². The zero-order valence-corrected chi connectivity index (χ0v) is 23.3. The van der Waals surface area contributed by atoms with Gasteiger partial charge in [0, 0.05) is 13.1 Å². The van der Waals surface area contributed by atoms with Crippen molar-refractivity contribution >= 4 is 33.6 Å². The van der Waals surface area contributed by atoms with Crippen LogP contribution in [0.2, 0.25) is 0 Å². The highest BCUT2D eigenvalue weighted by Crippen LogP contribution is 2.29. The number of aromatic nitrogens is 1. The van der Waals surface area contributed by atoms with E-state index in [1.54, 1.807) is 53.8 Å². The first-order valence-electron chi connectivity index (χ1n) is 12.6. The van der Waals surface area contributed by atoms with Gasteiger partial charge in [-0.1, -0.05) is 18.2 Å². The van der Waals surface area contributed by atoms with Crippen molar-refractivity contribution in [1.29, 1.82) is 0 Å². The zero-order chi connectivity index (χ0) is 28.5. The van der Waals surface area contributed by atoms with Gasteiger partial charge in [-0.2, -0.15) is 0 Å². The minimum Gasteiger partial charge on any atom is -0.497 e. The summed E-state index contributed by atoms with van der Waals surface area (Å²) in [6.07, 6.45) is -0.794. The van der Waals surface area contributed by atoms with Crippen LogP contribution in [0.5, 0.6) is 23.0 Å². The molecule has 0 aliphatic carbocycles. The summed E-state index contributed by atoms with van der Waals surface area (Å²) in [6, 6.07) is 18.5. The lowest BCUT2D eigenvalue weighted by Crippen LogP contribution is -2.44. The van der Waals surface area contributed by atoms with Gasteiger partial charge in [0.1, 0.15) is 29.2 Å². The second-order valence-electron chi connectivity index (χ2n) is 8.77. The minimum atomic E-state index is -1.16. The number of benzene rings is 3. The van der Waals surface area contributed by atoms with E-state index in [2.05, 4.69) is 16.4 Å². The Balaban J connectivity index is 1.38. The van der Waals surface area contributed by atoms with Crippen LogP contribution in [0.15, 0.2) is 66.7 Å². The fourth-order valence-corrected chi connectivity index (χ4v) is 4.79. The number of carboxylic acids is 1. The van der Waals surface area contributed by atoms with Crippen molar-refractivity contribution in [1.82, 2.24) is 15.2 Å². The normalized spacial score (nSPS) is 11.6. The van der Waals surface area contributed by atoms with Gasteiger partial charge in [0.25, 0.3) is 0 Å². The number of amides is 1. The summed E-state index contributed by atoms with van der Waals surface area (Å²) in [6.45, 7) is 2.96.